The highest BCUT2D eigenvalue weighted by atomic mass is 16.6. The van der Waals surface area contributed by atoms with Gasteiger partial charge in [0.2, 0.25) is 0 Å². The van der Waals surface area contributed by atoms with Crippen molar-refractivity contribution in [1.82, 2.24) is 10.2 Å². The van der Waals surface area contributed by atoms with Gasteiger partial charge in [-0.2, -0.15) is 5.10 Å². The van der Waals surface area contributed by atoms with Crippen LogP contribution in [0.1, 0.15) is 5.76 Å². The van der Waals surface area contributed by atoms with Crippen molar-refractivity contribution in [2.75, 3.05) is 5.32 Å². The lowest BCUT2D eigenvalue weighted by molar-refractivity contribution is -0.384. The fraction of sp³-hybridized carbons (Fsp3) is 0.0526. The quantitative estimate of drug-likeness (QED) is 0.413. The highest BCUT2D eigenvalue weighted by molar-refractivity contribution is 5.90. The van der Waals surface area contributed by atoms with Crippen LogP contribution in [0.25, 0.3) is 22.1 Å². The Kier molecular flexibility index (Phi) is 4.13. The van der Waals surface area contributed by atoms with Gasteiger partial charge in [0.25, 0.3) is 11.2 Å². The Morgan fingerprint density at radius 3 is 2.52 bits per heavy atom. The zero-order chi connectivity index (χ0) is 18.8. The molecule has 8 nitrogen and oxygen atoms in total. The summed E-state index contributed by atoms with van der Waals surface area (Å²) in [5.74, 6) is 1.83. The van der Waals surface area contributed by atoms with E-state index in [1.54, 1.807) is 30.3 Å². The van der Waals surface area contributed by atoms with Crippen LogP contribution in [0.4, 0.5) is 11.5 Å². The highest BCUT2D eigenvalue weighted by Gasteiger charge is 2.10. The largest absolute Gasteiger partial charge is 0.459 e. The normalized spacial score (nSPS) is 10.8. The number of hydrogen-bond acceptors (Lipinski definition) is 6. The second-order valence-corrected chi connectivity index (χ2v) is 5.87. The van der Waals surface area contributed by atoms with E-state index in [0.717, 1.165) is 10.9 Å². The number of rotatable bonds is 5. The van der Waals surface area contributed by atoms with E-state index in [1.807, 2.05) is 18.2 Å². The summed E-state index contributed by atoms with van der Waals surface area (Å²) < 4.78 is 5.80. The van der Waals surface area contributed by atoms with Gasteiger partial charge in [-0.3, -0.25) is 14.9 Å². The van der Waals surface area contributed by atoms with Crippen molar-refractivity contribution in [2.24, 2.45) is 0 Å². The highest BCUT2D eigenvalue weighted by Crippen LogP contribution is 2.25. The predicted molar refractivity (Wildman–Crippen MR) is 100 cm³/mol. The molecule has 0 saturated heterocycles. The molecule has 2 N–H and O–H groups in total. The first-order chi connectivity index (χ1) is 13.1. The van der Waals surface area contributed by atoms with Gasteiger partial charge in [0.05, 0.1) is 16.9 Å². The van der Waals surface area contributed by atoms with Crippen LogP contribution in [0.5, 0.6) is 0 Å². The fourth-order valence-corrected chi connectivity index (χ4v) is 2.80. The Morgan fingerprint density at radius 2 is 1.78 bits per heavy atom. The summed E-state index contributed by atoms with van der Waals surface area (Å²) in [7, 11) is 0. The SMILES string of the molecule is O=c1[nH]nc(NCc2ccc(-c3ccc([N+](=O)[O-])cc3)o2)c2ccccc12. The molecule has 134 valence electrons. The zero-order valence-electron chi connectivity index (χ0n) is 14.0. The molecule has 0 aliphatic carbocycles. The van der Waals surface area contributed by atoms with E-state index in [2.05, 4.69) is 15.5 Å². The minimum atomic E-state index is -0.442. The number of aromatic amines is 1. The van der Waals surface area contributed by atoms with Crippen LogP contribution < -0.4 is 10.9 Å². The molecular formula is C19H14N4O4. The zero-order valence-corrected chi connectivity index (χ0v) is 14.0. The molecule has 0 aliphatic heterocycles. The number of hydrogen-bond donors (Lipinski definition) is 2. The first kappa shape index (κ1) is 16.5. The average molecular weight is 362 g/mol. The van der Waals surface area contributed by atoms with E-state index in [0.29, 0.717) is 29.3 Å². The number of aromatic nitrogens is 2. The van der Waals surface area contributed by atoms with Crippen LogP contribution in [0.15, 0.2) is 69.9 Å². The van der Waals surface area contributed by atoms with Crippen molar-refractivity contribution >= 4 is 22.3 Å². The maximum atomic E-state index is 11.8. The third-order valence-electron chi connectivity index (χ3n) is 4.15. The maximum Gasteiger partial charge on any atom is 0.272 e. The molecule has 4 aromatic rings. The van der Waals surface area contributed by atoms with Crippen molar-refractivity contribution in [2.45, 2.75) is 6.54 Å². The number of fused-ring (bicyclic) bond motifs is 1. The van der Waals surface area contributed by atoms with Crippen LogP contribution in [-0.4, -0.2) is 15.1 Å². The Balaban J connectivity index is 1.53. The van der Waals surface area contributed by atoms with Crippen molar-refractivity contribution in [3.63, 3.8) is 0 Å². The first-order valence-electron chi connectivity index (χ1n) is 8.16. The summed E-state index contributed by atoms with van der Waals surface area (Å²) in [5.41, 5.74) is 0.539. The van der Waals surface area contributed by atoms with Gasteiger partial charge >= 0.3 is 0 Å². The monoisotopic (exact) mass is 362 g/mol. The van der Waals surface area contributed by atoms with Crippen molar-refractivity contribution < 1.29 is 9.34 Å². The molecule has 4 rings (SSSR count). The van der Waals surface area contributed by atoms with Crippen LogP contribution in [0.2, 0.25) is 0 Å². The molecule has 0 fully saturated rings. The molecule has 0 radical (unpaired) electrons. The summed E-state index contributed by atoms with van der Waals surface area (Å²) in [5, 5.41) is 21.7. The van der Waals surface area contributed by atoms with E-state index >= 15 is 0 Å². The molecule has 2 aromatic heterocycles. The van der Waals surface area contributed by atoms with E-state index in [1.165, 1.54) is 12.1 Å². The Labute approximate surface area is 152 Å². The van der Waals surface area contributed by atoms with Crippen molar-refractivity contribution in [3.05, 3.63) is 86.9 Å². The summed E-state index contributed by atoms with van der Waals surface area (Å²) in [4.78, 5) is 22.1. The van der Waals surface area contributed by atoms with E-state index in [9.17, 15) is 14.9 Å². The fourth-order valence-electron chi connectivity index (χ4n) is 2.80. The van der Waals surface area contributed by atoms with Gasteiger partial charge in [-0.25, -0.2) is 5.10 Å². The van der Waals surface area contributed by atoms with Gasteiger partial charge in [-0.1, -0.05) is 18.2 Å². The third kappa shape index (κ3) is 3.28. The molecule has 2 aromatic carbocycles. The minimum absolute atomic E-state index is 0.0308. The Bertz CT molecular complexity index is 1180. The van der Waals surface area contributed by atoms with Gasteiger partial charge in [0.15, 0.2) is 5.82 Å². The Morgan fingerprint density at radius 1 is 1.04 bits per heavy atom. The molecule has 8 heteroatoms. The predicted octanol–water partition coefficient (Wildman–Crippen LogP) is 3.70. The minimum Gasteiger partial charge on any atom is -0.459 e. The molecule has 0 unspecified atom stereocenters. The van der Waals surface area contributed by atoms with Crippen LogP contribution >= 0.6 is 0 Å². The van der Waals surface area contributed by atoms with Crippen LogP contribution in [-0.2, 0) is 6.54 Å². The average Bonchev–Trinajstić information content (AvgIpc) is 3.17. The summed E-state index contributed by atoms with van der Waals surface area (Å²) in [6.07, 6.45) is 0. The second-order valence-electron chi connectivity index (χ2n) is 5.87. The molecular weight excluding hydrogens is 348 g/mol. The van der Waals surface area contributed by atoms with E-state index < -0.39 is 4.92 Å². The standard InChI is InChI=1S/C19H14N4O4/c24-19-16-4-2-1-3-15(16)18(21-22-19)20-11-14-9-10-17(27-14)12-5-7-13(8-6-12)23(25)26/h1-10H,11H2,(H,20,21)(H,22,24). The molecule has 0 bridgehead atoms. The van der Waals surface area contributed by atoms with Crippen molar-refractivity contribution in [1.29, 1.82) is 0 Å². The molecule has 0 aliphatic rings. The number of nitro benzene ring substituents is 1. The third-order valence-corrected chi connectivity index (χ3v) is 4.15. The molecule has 0 spiro atoms. The lowest BCUT2D eigenvalue weighted by Crippen LogP contribution is -2.11. The van der Waals surface area contributed by atoms with Gasteiger partial charge in [0.1, 0.15) is 11.5 Å². The summed E-state index contributed by atoms with van der Waals surface area (Å²) >= 11 is 0. The molecule has 0 amide bonds. The lowest BCUT2D eigenvalue weighted by atomic mass is 10.1. The van der Waals surface area contributed by atoms with Gasteiger partial charge in [-0.15, -0.1) is 0 Å². The smallest absolute Gasteiger partial charge is 0.272 e. The number of H-pyrrole nitrogens is 1. The topological polar surface area (TPSA) is 114 Å². The van der Waals surface area contributed by atoms with Gasteiger partial charge < -0.3 is 9.73 Å². The number of benzene rings is 2. The number of nitrogens with zero attached hydrogens (tertiary/aromatic N) is 2. The number of nitrogens with one attached hydrogen (secondary N) is 2. The van der Waals surface area contributed by atoms with Crippen LogP contribution in [0.3, 0.4) is 0 Å². The Hall–Kier alpha value is -3.94. The second kappa shape index (κ2) is 6.75. The van der Waals surface area contributed by atoms with Crippen LogP contribution in [0, 0.1) is 10.1 Å². The first-order valence-corrected chi connectivity index (χ1v) is 8.16. The molecule has 2 heterocycles. The van der Waals surface area contributed by atoms with E-state index in [4.69, 9.17) is 4.42 Å². The van der Waals surface area contributed by atoms with Gasteiger partial charge in [0, 0.05) is 23.1 Å². The maximum absolute atomic E-state index is 11.8. The number of anilines is 1. The van der Waals surface area contributed by atoms with Gasteiger partial charge in [-0.05, 0) is 30.3 Å². The molecule has 0 saturated carbocycles. The summed E-state index contributed by atoms with van der Waals surface area (Å²) in [6, 6.07) is 17.0. The molecule has 27 heavy (non-hydrogen) atoms. The summed E-state index contributed by atoms with van der Waals surface area (Å²) in [6.45, 7) is 0.371. The molecule has 0 atom stereocenters. The van der Waals surface area contributed by atoms with E-state index in [-0.39, 0.29) is 11.2 Å². The van der Waals surface area contributed by atoms with Crippen molar-refractivity contribution in [3.8, 4) is 11.3 Å². The number of nitro groups is 1. The lowest BCUT2D eigenvalue weighted by Gasteiger charge is -2.06. The number of furan rings is 1. The number of non-ortho nitro benzene ring substituents is 1.